The molecule has 1 saturated carbocycles. The highest BCUT2D eigenvalue weighted by atomic mass is 16.3. The van der Waals surface area contributed by atoms with Gasteiger partial charge in [-0.15, -0.1) is 0 Å². The fraction of sp³-hybridized carbons (Fsp3) is 0.533. The van der Waals surface area contributed by atoms with Crippen molar-refractivity contribution in [1.29, 1.82) is 0 Å². The summed E-state index contributed by atoms with van der Waals surface area (Å²) < 4.78 is 2.01. The molecule has 0 saturated heterocycles. The highest BCUT2D eigenvalue weighted by Crippen LogP contribution is 2.33. The topological polar surface area (TPSA) is 37.5 Å². The summed E-state index contributed by atoms with van der Waals surface area (Å²) >= 11 is 0. The molecule has 3 heteroatoms. The molecule has 2 heterocycles. The SMILES string of the molecule is OC(c1cccc2cncn12)C1CCCCCC1. The molecule has 0 amide bonds. The summed E-state index contributed by atoms with van der Waals surface area (Å²) in [6, 6.07) is 6.05. The van der Waals surface area contributed by atoms with E-state index in [1.807, 2.05) is 28.8 Å². The molecule has 1 fully saturated rings. The van der Waals surface area contributed by atoms with Crippen LogP contribution in [-0.4, -0.2) is 14.5 Å². The van der Waals surface area contributed by atoms with E-state index >= 15 is 0 Å². The summed E-state index contributed by atoms with van der Waals surface area (Å²) in [5.74, 6) is 0.403. The van der Waals surface area contributed by atoms with Crippen molar-refractivity contribution in [2.75, 3.05) is 0 Å². The minimum atomic E-state index is -0.360. The largest absolute Gasteiger partial charge is 0.387 e. The molecule has 1 unspecified atom stereocenters. The Morgan fingerprint density at radius 3 is 2.72 bits per heavy atom. The Balaban J connectivity index is 1.90. The van der Waals surface area contributed by atoms with E-state index in [1.54, 1.807) is 6.33 Å². The van der Waals surface area contributed by atoms with Crippen LogP contribution in [0.2, 0.25) is 0 Å². The molecule has 0 aromatic carbocycles. The second kappa shape index (κ2) is 5.11. The second-order valence-corrected chi connectivity index (χ2v) is 5.34. The average Bonchev–Trinajstić information content (AvgIpc) is 2.71. The Morgan fingerprint density at radius 2 is 1.94 bits per heavy atom. The van der Waals surface area contributed by atoms with E-state index in [4.69, 9.17) is 0 Å². The summed E-state index contributed by atoms with van der Waals surface area (Å²) in [5.41, 5.74) is 2.04. The number of hydrogen-bond donors (Lipinski definition) is 1. The van der Waals surface area contributed by atoms with Gasteiger partial charge >= 0.3 is 0 Å². The van der Waals surface area contributed by atoms with Crippen LogP contribution < -0.4 is 0 Å². The van der Waals surface area contributed by atoms with Gasteiger partial charge in [-0.25, -0.2) is 4.98 Å². The van der Waals surface area contributed by atoms with Crippen LogP contribution in [0.25, 0.3) is 5.52 Å². The van der Waals surface area contributed by atoms with Crippen LogP contribution in [-0.2, 0) is 0 Å². The van der Waals surface area contributed by atoms with Gasteiger partial charge in [0.15, 0.2) is 0 Å². The van der Waals surface area contributed by atoms with Crippen molar-refractivity contribution in [3.05, 3.63) is 36.4 Å². The molecule has 1 atom stereocenters. The van der Waals surface area contributed by atoms with Crippen LogP contribution >= 0.6 is 0 Å². The van der Waals surface area contributed by atoms with Crippen LogP contribution in [0.4, 0.5) is 0 Å². The third kappa shape index (κ3) is 2.15. The van der Waals surface area contributed by atoms with Gasteiger partial charge in [0, 0.05) is 0 Å². The summed E-state index contributed by atoms with van der Waals surface area (Å²) in [4.78, 5) is 4.16. The van der Waals surface area contributed by atoms with Gasteiger partial charge in [-0.2, -0.15) is 0 Å². The maximum Gasteiger partial charge on any atom is 0.0995 e. The number of rotatable bonds is 2. The lowest BCUT2D eigenvalue weighted by atomic mass is 9.91. The van der Waals surface area contributed by atoms with Crippen molar-refractivity contribution in [1.82, 2.24) is 9.38 Å². The van der Waals surface area contributed by atoms with Crippen molar-refractivity contribution < 1.29 is 5.11 Å². The molecule has 1 aliphatic carbocycles. The van der Waals surface area contributed by atoms with Crippen LogP contribution in [0.15, 0.2) is 30.7 Å². The Kier molecular flexibility index (Phi) is 3.33. The summed E-state index contributed by atoms with van der Waals surface area (Å²) in [6.07, 6.45) is 10.7. The average molecular weight is 244 g/mol. The minimum absolute atomic E-state index is 0.360. The van der Waals surface area contributed by atoms with Crippen molar-refractivity contribution in [2.24, 2.45) is 5.92 Å². The molecule has 0 spiro atoms. The van der Waals surface area contributed by atoms with Crippen LogP contribution in [0, 0.1) is 5.92 Å². The first-order chi connectivity index (χ1) is 8.86. The highest BCUT2D eigenvalue weighted by molar-refractivity contribution is 5.46. The standard InChI is InChI=1S/C15H20N2O/c18-15(12-6-3-1-2-4-7-12)14-9-5-8-13-10-16-11-17(13)14/h5,8-12,15,18H,1-4,6-7H2. The van der Waals surface area contributed by atoms with Gasteiger partial charge in [0.1, 0.15) is 0 Å². The zero-order valence-electron chi connectivity index (χ0n) is 10.6. The van der Waals surface area contributed by atoms with Gasteiger partial charge in [-0.1, -0.05) is 31.7 Å². The van der Waals surface area contributed by atoms with Crippen molar-refractivity contribution in [3.8, 4) is 0 Å². The van der Waals surface area contributed by atoms with Crippen molar-refractivity contribution in [2.45, 2.75) is 44.6 Å². The predicted octanol–water partition coefficient (Wildman–Crippen LogP) is 3.34. The number of aromatic nitrogens is 2. The van der Waals surface area contributed by atoms with Gasteiger partial charge in [-0.3, -0.25) is 0 Å². The zero-order valence-corrected chi connectivity index (χ0v) is 10.6. The Morgan fingerprint density at radius 1 is 1.17 bits per heavy atom. The van der Waals surface area contributed by atoms with E-state index in [9.17, 15) is 5.11 Å². The highest BCUT2D eigenvalue weighted by Gasteiger charge is 2.23. The first kappa shape index (κ1) is 11.7. The van der Waals surface area contributed by atoms with Crippen LogP contribution in [0.1, 0.15) is 50.3 Å². The molecule has 0 aliphatic heterocycles. The molecular formula is C15H20N2O. The third-order valence-corrected chi connectivity index (χ3v) is 4.13. The number of aliphatic hydroxyl groups is 1. The molecule has 18 heavy (non-hydrogen) atoms. The maximum absolute atomic E-state index is 10.6. The van der Waals surface area contributed by atoms with Crippen molar-refractivity contribution in [3.63, 3.8) is 0 Å². The van der Waals surface area contributed by atoms with Gasteiger partial charge in [-0.05, 0) is 30.9 Å². The lowest BCUT2D eigenvalue weighted by Crippen LogP contribution is -2.14. The molecule has 1 aliphatic rings. The molecule has 0 radical (unpaired) electrons. The van der Waals surface area contributed by atoms with Crippen LogP contribution in [0.5, 0.6) is 0 Å². The van der Waals surface area contributed by atoms with E-state index in [0.29, 0.717) is 5.92 Å². The Hall–Kier alpha value is -1.35. The summed E-state index contributed by atoms with van der Waals surface area (Å²) in [7, 11) is 0. The summed E-state index contributed by atoms with van der Waals surface area (Å²) in [5, 5.41) is 10.6. The number of pyridine rings is 1. The predicted molar refractivity (Wildman–Crippen MR) is 71.3 cm³/mol. The zero-order chi connectivity index (χ0) is 12.4. The molecular weight excluding hydrogens is 224 g/mol. The summed E-state index contributed by atoms with van der Waals surface area (Å²) in [6.45, 7) is 0. The normalized spacial score (nSPS) is 19.8. The molecule has 96 valence electrons. The maximum atomic E-state index is 10.6. The fourth-order valence-corrected chi connectivity index (χ4v) is 3.08. The van der Waals surface area contributed by atoms with E-state index < -0.39 is 0 Å². The number of hydrogen-bond acceptors (Lipinski definition) is 2. The number of fused-ring (bicyclic) bond motifs is 1. The van der Waals surface area contributed by atoms with Gasteiger partial charge in [0.25, 0.3) is 0 Å². The number of nitrogens with zero attached hydrogens (tertiary/aromatic N) is 2. The number of aliphatic hydroxyl groups excluding tert-OH is 1. The van der Waals surface area contributed by atoms with E-state index in [1.165, 1.54) is 25.7 Å². The smallest absolute Gasteiger partial charge is 0.0995 e. The minimum Gasteiger partial charge on any atom is -0.387 e. The lowest BCUT2D eigenvalue weighted by Gasteiger charge is -2.22. The Bertz CT molecular complexity index is 512. The quantitative estimate of drug-likeness (QED) is 0.823. The van der Waals surface area contributed by atoms with Crippen molar-refractivity contribution >= 4 is 5.52 Å². The monoisotopic (exact) mass is 244 g/mol. The first-order valence-electron chi connectivity index (χ1n) is 6.95. The Labute approximate surface area is 107 Å². The van der Waals surface area contributed by atoms with Gasteiger partial charge in [0.2, 0.25) is 0 Å². The first-order valence-corrected chi connectivity index (χ1v) is 6.95. The molecule has 1 N–H and O–H groups in total. The van der Waals surface area contributed by atoms with Gasteiger partial charge < -0.3 is 9.51 Å². The molecule has 3 nitrogen and oxygen atoms in total. The van der Waals surface area contributed by atoms with E-state index in [-0.39, 0.29) is 6.10 Å². The van der Waals surface area contributed by atoms with Gasteiger partial charge in [0.05, 0.1) is 29.8 Å². The van der Waals surface area contributed by atoms with Crippen LogP contribution in [0.3, 0.4) is 0 Å². The number of imidazole rings is 1. The van der Waals surface area contributed by atoms with E-state index in [2.05, 4.69) is 4.98 Å². The molecule has 2 aromatic rings. The molecule has 3 rings (SSSR count). The molecule has 2 aromatic heterocycles. The van der Waals surface area contributed by atoms with E-state index in [0.717, 1.165) is 24.1 Å². The fourth-order valence-electron chi connectivity index (χ4n) is 3.08. The lowest BCUT2D eigenvalue weighted by molar-refractivity contribution is 0.0937. The second-order valence-electron chi connectivity index (χ2n) is 5.34. The molecule has 0 bridgehead atoms. The third-order valence-electron chi connectivity index (χ3n) is 4.13.